The predicted molar refractivity (Wildman–Crippen MR) is 287 cm³/mol. The number of amidine groups is 1. The Morgan fingerprint density at radius 1 is 0.507 bits per heavy atom. The van der Waals surface area contributed by atoms with Gasteiger partial charge in [-0.2, -0.15) is 0 Å². The first-order chi connectivity index (χ1) is 34.0. The Kier molecular flexibility index (Phi) is 10.7. The van der Waals surface area contributed by atoms with Crippen molar-refractivity contribution < 1.29 is 8.83 Å². The number of allylic oxidation sites excluding steroid dienone is 1. The van der Waals surface area contributed by atoms with Crippen LogP contribution in [0.3, 0.4) is 0 Å². The summed E-state index contributed by atoms with van der Waals surface area (Å²) in [6, 6.07) is 76.3. The third-order valence-corrected chi connectivity index (χ3v) is 13.3. The molecule has 5 heteroatoms. The Labute approximate surface area is 401 Å². The summed E-state index contributed by atoms with van der Waals surface area (Å²) in [4.78, 5) is 10.3. The van der Waals surface area contributed by atoms with Gasteiger partial charge in [0.05, 0.1) is 17.4 Å². The van der Waals surface area contributed by atoms with Crippen molar-refractivity contribution in [3.8, 4) is 22.3 Å². The maximum atomic E-state index is 6.77. The summed E-state index contributed by atoms with van der Waals surface area (Å²) < 4.78 is 13.5. The smallest absolute Gasteiger partial charge is 0.178 e. The van der Waals surface area contributed by atoms with Gasteiger partial charge in [0.1, 0.15) is 17.0 Å². The second-order valence-corrected chi connectivity index (χ2v) is 17.8. The topological polar surface area (TPSA) is 63.0 Å². The number of hydrogen-bond donors (Lipinski definition) is 1. The second kappa shape index (κ2) is 17.8. The third kappa shape index (κ3) is 8.15. The van der Waals surface area contributed by atoms with Gasteiger partial charge in [0.2, 0.25) is 0 Å². The molecule has 0 bridgehead atoms. The fraction of sp³-hybridized carbons (Fsp3) is 0.0625. The summed E-state index contributed by atoms with van der Waals surface area (Å²) in [5.41, 5.74) is 17.0. The van der Waals surface area contributed by atoms with Crippen molar-refractivity contribution in [1.82, 2.24) is 5.32 Å². The van der Waals surface area contributed by atoms with E-state index < -0.39 is 0 Å². The quantitative estimate of drug-likeness (QED) is 0.139. The Hall–Kier alpha value is -8.80. The SMILES string of the molecule is CC(=N/C(=C\C(C)c1ccccc1)c1cccc(-c2ccc3c(c2)oc2c3ccc3c4ccc(-c5cccc(C6C=C(c7ccccc7)N=C(c7ccccc7)N6)c5)cc4oc32)c1)c1ccccc1. The largest absolute Gasteiger partial charge is 0.452 e. The monoisotopic (exact) mass is 889 g/mol. The highest BCUT2D eigenvalue weighted by Crippen LogP contribution is 2.41. The van der Waals surface area contributed by atoms with E-state index in [9.17, 15) is 0 Å². The van der Waals surface area contributed by atoms with Crippen molar-refractivity contribution in [2.45, 2.75) is 25.8 Å². The Bertz CT molecular complexity index is 3820. The van der Waals surface area contributed by atoms with Crippen LogP contribution in [0, 0.1) is 0 Å². The van der Waals surface area contributed by atoms with E-state index >= 15 is 0 Å². The molecule has 0 spiro atoms. The van der Waals surface area contributed by atoms with Gasteiger partial charge in [0, 0.05) is 44.3 Å². The molecule has 0 saturated heterocycles. The summed E-state index contributed by atoms with van der Waals surface area (Å²) >= 11 is 0. The van der Waals surface area contributed by atoms with E-state index in [2.05, 4.69) is 219 Å². The van der Waals surface area contributed by atoms with Gasteiger partial charge >= 0.3 is 0 Å². The number of fused-ring (bicyclic) bond motifs is 7. The highest BCUT2D eigenvalue weighted by molar-refractivity contribution is 6.19. The average Bonchev–Trinajstić information content (AvgIpc) is 3.99. The molecular weight excluding hydrogens is 843 g/mol. The first kappa shape index (κ1) is 41.6. The zero-order valence-electron chi connectivity index (χ0n) is 38.3. The molecule has 69 heavy (non-hydrogen) atoms. The van der Waals surface area contributed by atoms with Crippen LogP contribution in [0.25, 0.3) is 77.5 Å². The molecule has 5 nitrogen and oxygen atoms in total. The van der Waals surface area contributed by atoms with E-state index in [1.165, 1.54) is 5.56 Å². The molecule has 12 rings (SSSR count). The highest BCUT2D eigenvalue weighted by atomic mass is 16.4. The molecule has 11 aromatic rings. The van der Waals surface area contributed by atoms with Gasteiger partial charge in [-0.15, -0.1) is 0 Å². The number of rotatable bonds is 10. The Balaban J connectivity index is 0.873. The molecule has 0 fully saturated rings. The molecule has 1 N–H and O–H groups in total. The molecule has 0 saturated carbocycles. The molecule has 9 aromatic carbocycles. The standard InChI is InChI=1S/C64H47N3O2/c1-41(43-17-7-3-8-18-43)35-57(65-42(2)44-19-9-4-10-20-44)51-27-15-25-47(36-51)49-29-31-53-55-33-34-56-54-32-30-50(39-61(54)69-63(56)62(55)68-60(53)38-49)48-26-16-28-52(37-48)59-40-58(45-21-11-5-12-22-45)66-64(67-59)46-23-13-6-14-24-46/h3-41,59H,1-2H3,(H,66,67)/b57-35-,65-42?. The van der Waals surface area contributed by atoms with Crippen molar-refractivity contribution in [2.75, 3.05) is 0 Å². The zero-order chi connectivity index (χ0) is 46.3. The van der Waals surface area contributed by atoms with Gasteiger partial charge in [-0.3, -0.25) is 4.99 Å². The lowest BCUT2D eigenvalue weighted by Crippen LogP contribution is -2.31. The molecule has 0 amide bonds. The van der Waals surface area contributed by atoms with Crippen LogP contribution >= 0.6 is 0 Å². The van der Waals surface area contributed by atoms with Crippen LogP contribution in [0.2, 0.25) is 0 Å². The molecule has 0 aliphatic carbocycles. The molecule has 2 aromatic heterocycles. The van der Waals surface area contributed by atoms with Gasteiger partial charge in [0.25, 0.3) is 0 Å². The van der Waals surface area contributed by atoms with E-state index in [4.69, 9.17) is 18.8 Å². The summed E-state index contributed by atoms with van der Waals surface area (Å²) in [5, 5.41) is 7.87. The van der Waals surface area contributed by atoms with Crippen LogP contribution in [0.5, 0.6) is 0 Å². The Morgan fingerprint density at radius 3 is 1.65 bits per heavy atom. The fourth-order valence-corrected chi connectivity index (χ4v) is 9.64. The summed E-state index contributed by atoms with van der Waals surface area (Å²) in [6.07, 6.45) is 4.49. The molecule has 3 heterocycles. The molecule has 330 valence electrons. The molecule has 2 atom stereocenters. The minimum absolute atomic E-state index is 0.0833. The van der Waals surface area contributed by atoms with Gasteiger partial charge in [-0.1, -0.05) is 183 Å². The number of nitrogens with zero attached hydrogens (tertiary/aromatic N) is 2. The molecule has 2 unspecified atom stereocenters. The van der Waals surface area contributed by atoms with Crippen LogP contribution in [0.15, 0.2) is 249 Å². The second-order valence-electron chi connectivity index (χ2n) is 17.8. The van der Waals surface area contributed by atoms with Gasteiger partial charge < -0.3 is 14.2 Å². The maximum Gasteiger partial charge on any atom is 0.178 e. The molecule has 1 aliphatic heterocycles. The summed E-state index contributed by atoms with van der Waals surface area (Å²) in [6.45, 7) is 4.31. The molecule has 1 aliphatic rings. The van der Waals surface area contributed by atoms with Crippen molar-refractivity contribution in [2.24, 2.45) is 9.98 Å². The van der Waals surface area contributed by atoms with Crippen molar-refractivity contribution in [3.63, 3.8) is 0 Å². The fourth-order valence-electron chi connectivity index (χ4n) is 9.64. The lowest BCUT2D eigenvalue weighted by Gasteiger charge is -2.25. The van der Waals surface area contributed by atoms with Gasteiger partial charge in [-0.25, -0.2) is 4.99 Å². The first-order valence-electron chi connectivity index (χ1n) is 23.6. The van der Waals surface area contributed by atoms with Crippen molar-refractivity contribution in [3.05, 3.63) is 264 Å². The van der Waals surface area contributed by atoms with Crippen LogP contribution in [0.4, 0.5) is 0 Å². The predicted octanol–water partition coefficient (Wildman–Crippen LogP) is 16.6. The number of benzene rings is 9. The summed E-state index contributed by atoms with van der Waals surface area (Å²) in [5.74, 6) is 1.02. The van der Waals surface area contributed by atoms with Gasteiger partial charge in [-0.05, 0) is 106 Å². The average molecular weight is 890 g/mol. The van der Waals surface area contributed by atoms with E-state index in [1.807, 2.05) is 30.3 Å². The van der Waals surface area contributed by atoms with Crippen LogP contribution in [0.1, 0.15) is 59.2 Å². The van der Waals surface area contributed by atoms with Crippen molar-refractivity contribution in [1.29, 1.82) is 0 Å². The number of hydrogen-bond acceptors (Lipinski definition) is 5. The van der Waals surface area contributed by atoms with E-state index in [-0.39, 0.29) is 12.0 Å². The Morgan fingerprint density at radius 2 is 1.01 bits per heavy atom. The lowest BCUT2D eigenvalue weighted by atomic mass is 9.96. The zero-order valence-corrected chi connectivity index (χ0v) is 38.3. The molecular formula is C64H47N3O2. The lowest BCUT2D eigenvalue weighted by molar-refractivity contribution is 0.633. The minimum atomic E-state index is -0.0833. The highest BCUT2D eigenvalue weighted by Gasteiger charge is 2.22. The number of nitrogens with one attached hydrogen (secondary N) is 1. The maximum absolute atomic E-state index is 6.77. The third-order valence-electron chi connectivity index (χ3n) is 13.3. The summed E-state index contributed by atoms with van der Waals surface area (Å²) in [7, 11) is 0. The number of furan rings is 2. The minimum Gasteiger partial charge on any atom is -0.452 e. The molecule has 0 radical (unpaired) electrons. The van der Waals surface area contributed by atoms with Crippen LogP contribution in [-0.4, -0.2) is 11.5 Å². The normalized spacial score (nSPS) is 14.8. The van der Waals surface area contributed by atoms with E-state index in [0.29, 0.717) is 0 Å². The van der Waals surface area contributed by atoms with Crippen molar-refractivity contribution >= 4 is 66.8 Å². The van der Waals surface area contributed by atoms with E-state index in [1.54, 1.807) is 0 Å². The van der Waals surface area contributed by atoms with E-state index in [0.717, 1.165) is 117 Å². The van der Waals surface area contributed by atoms with Crippen LogP contribution in [-0.2, 0) is 0 Å². The van der Waals surface area contributed by atoms with Gasteiger partial charge in [0.15, 0.2) is 11.2 Å². The number of aliphatic imine (C=N–C) groups is 2. The van der Waals surface area contributed by atoms with Crippen LogP contribution < -0.4 is 5.32 Å². The first-order valence-corrected chi connectivity index (χ1v) is 23.6.